The van der Waals surface area contributed by atoms with Gasteiger partial charge in [-0.25, -0.2) is 8.42 Å². The predicted octanol–water partition coefficient (Wildman–Crippen LogP) is 1.06. The summed E-state index contributed by atoms with van der Waals surface area (Å²) < 4.78 is 26.6. The van der Waals surface area contributed by atoms with E-state index in [1.165, 1.54) is 0 Å². The zero-order valence-electron chi connectivity index (χ0n) is 10.3. The lowest BCUT2D eigenvalue weighted by Crippen LogP contribution is -2.33. The summed E-state index contributed by atoms with van der Waals surface area (Å²) in [4.78, 5) is 0.410. The molecule has 2 aliphatic rings. The van der Waals surface area contributed by atoms with Gasteiger partial charge in [0.1, 0.15) is 0 Å². The largest absolute Gasteiger partial charge is 0.316 e. The molecule has 0 saturated carbocycles. The van der Waals surface area contributed by atoms with Gasteiger partial charge in [0.05, 0.1) is 4.90 Å². The summed E-state index contributed by atoms with van der Waals surface area (Å²) in [6.45, 7) is 3.28. The molecule has 1 atom stereocenters. The number of hydrogen-bond donors (Lipinski definition) is 1. The minimum atomic E-state index is -3.30. The Bertz CT molecular complexity index is 521. The monoisotopic (exact) mass is 266 g/mol. The zero-order chi connectivity index (χ0) is 12.6. The van der Waals surface area contributed by atoms with E-state index in [0.717, 1.165) is 25.9 Å². The van der Waals surface area contributed by atoms with Crippen LogP contribution in [0.4, 0.5) is 0 Å². The van der Waals surface area contributed by atoms with Crippen LogP contribution in [0.25, 0.3) is 0 Å². The topological polar surface area (TPSA) is 49.4 Å². The van der Waals surface area contributed by atoms with E-state index in [0.29, 0.717) is 18.0 Å². The summed E-state index contributed by atoms with van der Waals surface area (Å²) >= 11 is 0. The van der Waals surface area contributed by atoms with Crippen LogP contribution in [-0.2, 0) is 10.0 Å². The lowest BCUT2D eigenvalue weighted by atomic mass is 9.87. The van der Waals surface area contributed by atoms with E-state index in [4.69, 9.17) is 0 Å². The molecule has 1 spiro atoms. The SMILES string of the molecule is O=S(=O)(c1ccccc1)N1CCC2(CCNC2)C1. The first-order valence-electron chi connectivity index (χ1n) is 6.38. The van der Waals surface area contributed by atoms with Crippen LogP contribution in [0.3, 0.4) is 0 Å². The third-order valence-corrected chi connectivity index (χ3v) is 5.98. The van der Waals surface area contributed by atoms with E-state index < -0.39 is 10.0 Å². The van der Waals surface area contributed by atoms with Gasteiger partial charge in [-0.3, -0.25) is 0 Å². The van der Waals surface area contributed by atoms with Gasteiger partial charge in [0, 0.05) is 19.6 Å². The van der Waals surface area contributed by atoms with Gasteiger partial charge in [0.2, 0.25) is 10.0 Å². The normalized spacial score (nSPS) is 29.1. The number of benzene rings is 1. The summed E-state index contributed by atoms with van der Waals surface area (Å²) in [5.41, 5.74) is 0.182. The molecule has 0 aliphatic carbocycles. The molecule has 1 aromatic rings. The van der Waals surface area contributed by atoms with Gasteiger partial charge in [-0.1, -0.05) is 18.2 Å². The van der Waals surface area contributed by atoms with E-state index in [2.05, 4.69) is 5.32 Å². The van der Waals surface area contributed by atoms with Crippen LogP contribution in [0, 0.1) is 5.41 Å². The molecule has 3 rings (SSSR count). The van der Waals surface area contributed by atoms with Gasteiger partial charge in [-0.15, -0.1) is 0 Å². The quantitative estimate of drug-likeness (QED) is 0.871. The molecule has 5 heteroatoms. The molecule has 2 aliphatic heterocycles. The minimum absolute atomic E-state index is 0.182. The molecule has 0 bridgehead atoms. The van der Waals surface area contributed by atoms with Crippen molar-refractivity contribution in [2.75, 3.05) is 26.2 Å². The van der Waals surface area contributed by atoms with E-state index in [9.17, 15) is 8.42 Å². The molecule has 1 unspecified atom stereocenters. The van der Waals surface area contributed by atoms with Crippen molar-refractivity contribution in [3.8, 4) is 0 Å². The highest BCUT2D eigenvalue weighted by atomic mass is 32.2. The van der Waals surface area contributed by atoms with Gasteiger partial charge in [-0.2, -0.15) is 4.31 Å². The predicted molar refractivity (Wildman–Crippen MR) is 69.7 cm³/mol. The van der Waals surface area contributed by atoms with Crippen molar-refractivity contribution < 1.29 is 8.42 Å². The van der Waals surface area contributed by atoms with Crippen molar-refractivity contribution in [2.45, 2.75) is 17.7 Å². The molecule has 1 aromatic carbocycles. The maximum atomic E-state index is 12.5. The Morgan fingerprint density at radius 1 is 1.17 bits per heavy atom. The fraction of sp³-hybridized carbons (Fsp3) is 0.538. The smallest absolute Gasteiger partial charge is 0.243 e. The van der Waals surface area contributed by atoms with E-state index in [-0.39, 0.29) is 5.41 Å². The highest BCUT2D eigenvalue weighted by Gasteiger charge is 2.44. The minimum Gasteiger partial charge on any atom is -0.316 e. The molecular weight excluding hydrogens is 248 g/mol. The molecule has 0 aromatic heterocycles. The van der Waals surface area contributed by atoms with Crippen molar-refractivity contribution in [1.82, 2.24) is 9.62 Å². The number of nitrogens with zero attached hydrogens (tertiary/aromatic N) is 1. The Morgan fingerprint density at radius 2 is 1.94 bits per heavy atom. The van der Waals surface area contributed by atoms with Gasteiger partial charge >= 0.3 is 0 Å². The fourth-order valence-electron chi connectivity index (χ4n) is 2.98. The summed E-state index contributed by atoms with van der Waals surface area (Å²) in [6, 6.07) is 8.73. The highest BCUT2D eigenvalue weighted by Crippen LogP contribution is 2.38. The lowest BCUT2D eigenvalue weighted by molar-refractivity contribution is 0.338. The van der Waals surface area contributed by atoms with Crippen molar-refractivity contribution >= 4 is 10.0 Å². The Hall–Kier alpha value is -0.910. The van der Waals surface area contributed by atoms with Crippen molar-refractivity contribution in [3.63, 3.8) is 0 Å². The second-order valence-electron chi connectivity index (χ2n) is 5.33. The van der Waals surface area contributed by atoms with Crippen molar-refractivity contribution in [3.05, 3.63) is 30.3 Å². The lowest BCUT2D eigenvalue weighted by Gasteiger charge is -2.22. The molecule has 2 heterocycles. The Balaban J connectivity index is 1.84. The standard InChI is InChI=1S/C13H18N2O2S/c16-18(17,12-4-2-1-3-5-12)15-9-7-13(11-15)6-8-14-10-13/h1-5,14H,6-11H2. The molecule has 1 N–H and O–H groups in total. The van der Waals surface area contributed by atoms with Crippen molar-refractivity contribution in [2.24, 2.45) is 5.41 Å². The van der Waals surface area contributed by atoms with Crippen LogP contribution in [0.1, 0.15) is 12.8 Å². The summed E-state index contributed by atoms with van der Waals surface area (Å²) in [6.07, 6.45) is 2.07. The van der Waals surface area contributed by atoms with Crippen molar-refractivity contribution in [1.29, 1.82) is 0 Å². The molecule has 2 fully saturated rings. The van der Waals surface area contributed by atoms with Crippen LogP contribution >= 0.6 is 0 Å². The summed E-state index contributed by atoms with van der Waals surface area (Å²) in [7, 11) is -3.30. The molecule has 98 valence electrons. The van der Waals surface area contributed by atoms with Crippen LogP contribution in [0.15, 0.2) is 35.2 Å². The van der Waals surface area contributed by atoms with E-state index in [1.807, 2.05) is 6.07 Å². The van der Waals surface area contributed by atoms with E-state index >= 15 is 0 Å². The van der Waals surface area contributed by atoms with E-state index in [1.54, 1.807) is 28.6 Å². The second kappa shape index (κ2) is 4.33. The summed E-state index contributed by atoms with van der Waals surface area (Å²) in [5.74, 6) is 0. The first kappa shape index (κ1) is 12.1. The average Bonchev–Trinajstić information content (AvgIpc) is 3.02. The van der Waals surface area contributed by atoms with Crippen LogP contribution < -0.4 is 5.32 Å². The van der Waals surface area contributed by atoms with Gasteiger partial charge < -0.3 is 5.32 Å². The average molecular weight is 266 g/mol. The van der Waals surface area contributed by atoms with Gasteiger partial charge in [0.25, 0.3) is 0 Å². The molecule has 0 amide bonds. The second-order valence-corrected chi connectivity index (χ2v) is 7.27. The summed E-state index contributed by atoms with van der Waals surface area (Å²) in [5, 5.41) is 3.35. The third kappa shape index (κ3) is 1.96. The number of nitrogens with one attached hydrogen (secondary N) is 1. The van der Waals surface area contributed by atoms with Gasteiger partial charge in [-0.05, 0) is 36.9 Å². The van der Waals surface area contributed by atoms with Crippen LogP contribution in [0.2, 0.25) is 0 Å². The zero-order valence-corrected chi connectivity index (χ0v) is 11.1. The maximum Gasteiger partial charge on any atom is 0.243 e. The molecule has 2 saturated heterocycles. The first-order valence-corrected chi connectivity index (χ1v) is 7.82. The Labute approximate surface area is 108 Å². The van der Waals surface area contributed by atoms with Gasteiger partial charge in [0.15, 0.2) is 0 Å². The maximum absolute atomic E-state index is 12.5. The third-order valence-electron chi connectivity index (χ3n) is 4.12. The number of sulfonamides is 1. The molecular formula is C13H18N2O2S. The highest BCUT2D eigenvalue weighted by molar-refractivity contribution is 7.89. The van der Waals surface area contributed by atoms with Crippen LogP contribution in [0.5, 0.6) is 0 Å². The number of hydrogen-bond acceptors (Lipinski definition) is 3. The molecule has 4 nitrogen and oxygen atoms in total. The number of rotatable bonds is 2. The molecule has 0 radical (unpaired) electrons. The molecule has 18 heavy (non-hydrogen) atoms. The Kier molecular flexibility index (Phi) is 2.92. The Morgan fingerprint density at radius 3 is 2.61 bits per heavy atom. The van der Waals surface area contributed by atoms with Crippen LogP contribution in [-0.4, -0.2) is 38.9 Å². The fourth-order valence-corrected chi connectivity index (χ4v) is 4.56. The first-order chi connectivity index (χ1) is 8.62.